The molecular formula is C29H21FN4O3. The van der Waals surface area contributed by atoms with E-state index in [0.29, 0.717) is 34.6 Å². The molecule has 4 aliphatic heterocycles. The lowest BCUT2D eigenvalue weighted by molar-refractivity contribution is -0.124. The van der Waals surface area contributed by atoms with Gasteiger partial charge in [0.2, 0.25) is 11.8 Å². The Hall–Kier alpha value is -4.17. The van der Waals surface area contributed by atoms with E-state index in [0.717, 1.165) is 18.4 Å². The fraction of sp³-hybridized carbons (Fsp3) is 0.241. The number of anilines is 1. The predicted molar refractivity (Wildman–Crippen MR) is 134 cm³/mol. The molecule has 0 saturated carbocycles. The maximum absolute atomic E-state index is 14.3. The molecule has 3 saturated heterocycles. The molecule has 8 heteroatoms. The van der Waals surface area contributed by atoms with Crippen LogP contribution in [0.4, 0.5) is 10.1 Å². The van der Waals surface area contributed by atoms with Crippen molar-refractivity contribution < 1.29 is 14.0 Å². The van der Waals surface area contributed by atoms with E-state index in [1.807, 2.05) is 42.5 Å². The number of hydrogen-bond acceptors (Lipinski definition) is 5. The highest BCUT2D eigenvalue weighted by molar-refractivity contribution is 6.23. The molecule has 3 aromatic carbocycles. The van der Waals surface area contributed by atoms with Gasteiger partial charge in [-0.05, 0) is 61.9 Å². The van der Waals surface area contributed by atoms with Gasteiger partial charge in [0.05, 0.1) is 34.1 Å². The van der Waals surface area contributed by atoms with E-state index in [4.69, 9.17) is 4.98 Å². The number of halogens is 1. The second kappa shape index (κ2) is 6.98. The van der Waals surface area contributed by atoms with Gasteiger partial charge >= 0.3 is 0 Å². The van der Waals surface area contributed by atoms with Crippen LogP contribution in [0.5, 0.6) is 0 Å². The minimum atomic E-state index is -1.05. The number of imide groups is 1. The number of carbonyl (C=O) groups is 2. The van der Waals surface area contributed by atoms with Gasteiger partial charge in [-0.2, -0.15) is 0 Å². The molecule has 4 atom stereocenters. The molecule has 0 aliphatic carbocycles. The first-order valence-corrected chi connectivity index (χ1v) is 12.6. The fourth-order valence-electron chi connectivity index (χ4n) is 7.46. The third kappa shape index (κ3) is 2.35. The summed E-state index contributed by atoms with van der Waals surface area (Å²) in [6.45, 7) is 0.700. The van der Waals surface area contributed by atoms with Crippen LogP contribution in [0.15, 0.2) is 77.6 Å². The van der Waals surface area contributed by atoms with Gasteiger partial charge in [0.15, 0.2) is 0 Å². The molecule has 8 rings (SSSR count). The molecule has 0 radical (unpaired) electrons. The molecule has 1 spiro atoms. The number of benzene rings is 3. The number of amides is 2. The molecule has 7 nitrogen and oxygen atoms in total. The van der Waals surface area contributed by atoms with Crippen LogP contribution in [0.3, 0.4) is 0 Å². The van der Waals surface area contributed by atoms with E-state index in [2.05, 4.69) is 4.90 Å². The minimum Gasteiger partial charge on any atom is -0.283 e. The normalized spacial score (nSPS) is 27.7. The van der Waals surface area contributed by atoms with E-state index in [-0.39, 0.29) is 23.4 Å². The number of hydrogen-bond donors (Lipinski definition) is 0. The minimum absolute atomic E-state index is 0.158. The molecule has 1 aromatic heterocycles. The average Bonchev–Trinajstić information content (AvgIpc) is 3.62. The van der Waals surface area contributed by atoms with Crippen molar-refractivity contribution in [2.75, 3.05) is 11.4 Å². The van der Waals surface area contributed by atoms with Gasteiger partial charge in [0.1, 0.15) is 17.2 Å². The maximum Gasteiger partial charge on any atom is 0.266 e. The van der Waals surface area contributed by atoms with Crippen LogP contribution in [-0.2, 0) is 15.1 Å². The third-order valence-electron chi connectivity index (χ3n) is 8.73. The number of para-hydroxylation sites is 2. The number of fused-ring (bicyclic) bond motifs is 11. The van der Waals surface area contributed by atoms with Gasteiger partial charge in [-0.15, -0.1) is 0 Å². The quantitative estimate of drug-likeness (QED) is 0.381. The zero-order valence-corrected chi connectivity index (χ0v) is 19.7. The Morgan fingerprint density at radius 3 is 2.49 bits per heavy atom. The molecule has 0 bridgehead atoms. The Labute approximate surface area is 210 Å². The van der Waals surface area contributed by atoms with Crippen LogP contribution in [0.2, 0.25) is 0 Å². The van der Waals surface area contributed by atoms with Gasteiger partial charge in [-0.1, -0.05) is 30.3 Å². The molecule has 2 unspecified atom stereocenters. The second-order valence-corrected chi connectivity index (χ2v) is 10.3. The van der Waals surface area contributed by atoms with E-state index in [1.165, 1.54) is 29.2 Å². The zero-order valence-electron chi connectivity index (χ0n) is 19.7. The van der Waals surface area contributed by atoms with Gasteiger partial charge < -0.3 is 0 Å². The smallest absolute Gasteiger partial charge is 0.266 e. The van der Waals surface area contributed by atoms with Crippen LogP contribution in [-0.4, -0.2) is 38.9 Å². The van der Waals surface area contributed by atoms with Crippen molar-refractivity contribution in [3.8, 4) is 5.69 Å². The summed E-state index contributed by atoms with van der Waals surface area (Å²) in [6.07, 6.45) is 1.66. The lowest BCUT2D eigenvalue weighted by atomic mass is 9.75. The van der Waals surface area contributed by atoms with Crippen LogP contribution >= 0.6 is 0 Å². The first kappa shape index (κ1) is 21.0. The van der Waals surface area contributed by atoms with Crippen molar-refractivity contribution in [2.45, 2.75) is 24.4 Å². The zero-order chi connectivity index (χ0) is 25.1. The number of nitrogens with zero attached hydrogens (tertiary/aromatic N) is 4. The van der Waals surface area contributed by atoms with Gasteiger partial charge in [-0.3, -0.25) is 23.9 Å². The lowest BCUT2D eigenvalue weighted by Crippen LogP contribution is -2.51. The third-order valence-corrected chi connectivity index (χ3v) is 8.73. The van der Waals surface area contributed by atoms with Crippen molar-refractivity contribution >= 4 is 28.4 Å². The topological polar surface area (TPSA) is 75.5 Å². The number of carbonyl (C=O) groups excluding carboxylic acids is 2. The van der Waals surface area contributed by atoms with Crippen molar-refractivity contribution in [1.29, 1.82) is 0 Å². The highest BCUT2D eigenvalue weighted by Gasteiger charge is 2.73. The largest absolute Gasteiger partial charge is 0.283 e. The highest BCUT2D eigenvalue weighted by Crippen LogP contribution is 2.62. The van der Waals surface area contributed by atoms with E-state index >= 15 is 0 Å². The molecule has 37 heavy (non-hydrogen) atoms. The summed E-state index contributed by atoms with van der Waals surface area (Å²) < 4.78 is 15.3. The van der Waals surface area contributed by atoms with Crippen molar-refractivity contribution in [2.24, 2.45) is 11.8 Å². The molecule has 4 aliphatic rings. The number of rotatable bonds is 1. The molecule has 3 fully saturated rings. The maximum atomic E-state index is 14.3. The van der Waals surface area contributed by atoms with Gasteiger partial charge in [0, 0.05) is 11.6 Å². The Morgan fingerprint density at radius 2 is 1.65 bits per heavy atom. The standard InChI is InChI=1S/C29H21FN4O3/c30-16-11-13-17(14-12-16)33-26(36)23-22-10-5-15-32(22)29(24(23)27(33)37)19-7-2-4-9-21(19)34-25(35)18-6-1-3-8-20(18)31-28(29)34/h1-4,6-9,11-14,22-24H,5,10,15H2/t22?,23-,24+,29?/m0/s1. The molecule has 182 valence electrons. The monoisotopic (exact) mass is 492 g/mol. The molecular weight excluding hydrogens is 471 g/mol. The van der Waals surface area contributed by atoms with Crippen LogP contribution in [0.25, 0.3) is 16.6 Å². The molecule has 5 heterocycles. The SMILES string of the molecule is O=C1[C@H]2C3CCCN3C3(c4ccccc4-n4c3nc3ccccc3c4=O)[C@H]2C(=O)N1c1ccc(F)cc1. The van der Waals surface area contributed by atoms with Crippen LogP contribution < -0.4 is 10.5 Å². The lowest BCUT2D eigenvalue weighted by Gasteiger charge is -2.38. The summed E-state index contributed by atoms with van der Waals surface area (Å²) in [7, 11) is 0. The molecule has 2 amide bonds. The second-order valence-electron chi connectivity index (χ2n) is 10.3. The van der Waals surface area contributed by atoms with E-state index < -0.39 is 23.2 Å². The highest BCUT2D eigenvalue weighted by atomic mass is 19.1. The average molecular weight is 493 g/mol. The Kier molecular flexibility index (Phi) is 3.96. The Balaban J connectivity index is 1.45. The van der Waals surface area contributed by atoms with Crippen molar-refractivity contribution in [1.82, 2.24) is 14.5 Å². The fourth-order valence-corrected chi connectivity index (χ4v) is 7.46. The number of aromatic nitrogens is 2. The van der Waals surface area contributed by atoms with Crippen LogP contribution in [0, 0.1) is 17.7 Å². The first-order valence-electron chi connectivity index (χ1n) is 12.6. The van der Waals surface area contributed by atoms with Gasteiger partial charge in [-0.25, -0.2) is 14.3 Å². The first-order chi connectivity index (χ1) is 18.0. The summed E-state index contributed by atoms with van der Waals surface area (Å²) in [5.74, 6) is -1.87. The van der Waals surface area contributed by atoms with Crippen LogP contribution in [0.1, 0.15) is 24.2 Å². The Morgan fingerprint density at radius 1 is 0.892 bits per heavy atom. The summed E-state index contributed by atoms with van der Waals surface area (Å²) in [6, 6.07) is 20.2. The molecule has 4 aromatic rings. The summed E-state index contributed by atoms with van der Waals surface area (Å²) in [5, 5.41) is 0.507. The van der Waals surface area contributed by atoms with Crippen molar-refractivity contribution in [3.63, 3.8) is 0 Å². The van der Waals surface area contributed by atoms with E-state index in [9.17, 15) is 18.8 Å². The summed E-state index contributed by atoms with van der Waals surface area (Å²) in [5.41, 5.74) is 1.23. The van der Waals surface area contributed by atoms with E-state index in [1.54, 1.807) is 10.6 Å². The Bertz CT molecular complexity index is 1730. The summed E-state index contributed by atoms with van der Waals surface area (Å²) in [4.78, 5) is 50.7. The summed E-state index contributed by atoms with van der Waals surface area (Å²) >= 11 is 0. The molecule has 0 N–H and O–H groups in total. The van der Waals surface area contributed by atoms with Gasteiger partial charge in [0.25, 0.3) is 5.56 Å². The van der Waals surface area contributed by atoms with Crippen molar-refractivity contribution in [3.05, 3.63) is 100 Å². The predicted octanol–water partition coefficient (Wildman–Crippen LogP) is 3.37.